The van der Waals surface area contributed by atoms with Crippen LogP contribution in [0.2, 0.25) is 0 Å². The molecule has 186 valence electrons. The number of hydrogen-bond donors (Lipinski definition) is 1. The molecule has 0 saturated carbocycles. The van der Waals surface area contributed by atoms with Crippen LogP contribution >= 0.6 is 0 Å². The molecule has 1 fully saturated rings. The second-order valence-electron chi connectivity index (χ2n) is 7.70. The van der Waals surface area contributed by atoms with Gasteiger partial charge in [0.25, 0.3) is 0 Å². The smallest absolute Gasteiger partial charge is 0.407 e. The first kappa shape index (κ1) is 26.0. The lowest BCUT2D eigenvalue weighted by molar-refractivity contribution is -0.273. The molecule has 2 aromatic rings. The number of nitrogens with one attached hydrogen (secondary N) is 1. The summed E-state index contributed by atoms with van der Waals surface area (Å²) in [6.07, 6.45) is -3.98. The van der Waals surface area contributed by atoms with Gasteiger partial charge in [0.05, 0.1) is 18.3 Å². The first-order chi connectivity index (χ1) is 17.0. The van der Waals surface area contributed by atoms with Crippen LogP contribution in [0.4, 0.5) is 4.79 Å². The van der Waals surface area contributed by atoms with Crippen molar-refractivity contribution in [3.63, 3.8) is 0 Å². The molecule has 1 aliphatic heterocycles. The van der Waals surface area contributed by atoms with Crippen LogP contribution < -0.4 is 5.32 Å². The molecule has 1 unspecified atom stereocenters. The lowest BCUT2D eigenvalue weighted by Crippen LogP contribution is -2.59. The lowest BCUT2D eigenvalue weighted by atomic mass is 9.97. The highest BCUT2D eigenvalue weighted by Gasteiger charge is 2.47. The van der Waals surface area contributed by atoms with Crippen molar-refractivity contribution in [1.82, 2.24) is 5.32 Å². The maximum atomic E-state index is 12.7. The Morgan fingerprint density at radius 2 is 1.77 bits per heavy atom. The number of esters is 1. The van der Waals surface area contributed by atoms with Crippen LogP contribution in [0, 0.1) is 0 Å². The van der Waals surface area contributed by atoms with Gasteiger partial charge < -0.3 is 29.0 Å². The van der Waals surface area contributed by atoms with Gasteiger partial charge in [-0.25, -0.2) is 9.59 Å². The van der Waals surface area contributed by atoms with E-state index in [0.717, 1.165) is 5.56 Å². The summed E-state index contributed by atoms with van der Waals surface area (Å²) in [5.41, 5.74) is 10.2. The second kappa shape index (κ2) is 13.3. The van der Waals surface area contributed by atoms with Crippen LogP contribution in [0.25, 0.3) is 10.4 Å². The van der Waals surface area contributed by atoms with Crippen molar-refractivity contribution in [3.05, 3.63) is 82.2 Å². The van der Waals surface area contributed by atoms with Crippen LogP contribution in [0.15, 0.2) is 65.8 Å². The van der Waals surface area contributed by atoms with Crippen LogP contribution in [-0.2, 0) is 30.3 Å². The van der Waals surface area contributed by atoms with Crippen LogP contribution in [0.1, 0.15) is 22.8 Å². The summed E-state index contributed by atoms with van der Waals surface area (Å²) in [7, 11) is 1.41. The molecule has 35 heavy (non-hydrogen) atoms. The van der Waals surface area contributed by atoms with Crippen molar-refractivity contribution in [2.45, 2.75) is 44.2 Å². The summed E-state index contributed by atoms with van der Waals surface area (Å²) in [5.74, 6) is -0.591. The van der Waals surface area contributed by atoms with E-state index in [2.05, 4.69) is 15.3 Å². The standard InChI is InChI=1S/C24H28N4O7/c1-16-19(27-28-25)20(35-22(29)18-11-7-4-8-12-18)21(31-2)23(34-16)32-14-13-26-24(30)33-15-17-9-5-3-6-10-17/h3-12,16,19-21,23H,13-15H2,1-2H3,(H,26,30)/t16-,19?,20+,21-,23+/m1/s1. The topological polar surface area (TPSA) is 141 Å². The van der Waals surface area contributed by atoms with Gasteiger partial charge in [-0.15, -0.1) is 0 Å². The Morgan fingerprint density at radius 1 is 1.09 bits per heavy atom. The quantitative estimate of drug-likeness (QED) is 0.179. The summed E-state index contributed by atoms with van der Waals surface area (Å²) in [6, 6.07) is 16.9. The highest BCUT2D eigenvalue weighted by atomic mass is 16.7. The minimum absolute atomic E-state index is 0.0726. The number of carbonyl (C=O) groups is 2. The molecule has 0 radical (unpaired) electrons. The summed E-state index contributed by atoms with van der Waals surface area (Å²) < 4.78 is 28.0. The fourth-order valence-electron chi connectivity index (χ4n) is 3.59. The van der Waals surface area contributed by atoms with E-state index in [1.54, 1.807) is 37.3 Å². The summed E-state index contributed by atoms with van der Waals surface area (Å²) in [4.78, 5) is 27.5. The number of benzene rings is 2. The van der Waals surface area contributed by atoms with Crippen molar-refractivity contribution in [2.75, 3.05) is 20.3 Å². The molecule has 0 bridgehead atoms. The maximum Gasteiger partial charge on any atom is 0.407 e. The molecule has 1 amide bonds. The number of amides is 1. The van der Waals surface area contributed by atoms with Gasteiger partial charge in [0.15, 0.2) is 6.29 Å². The van der Waals surface area contributed by atoms with Gasteiger partial charge in [-0.2, -0.15) is 0 Å². The van der Waals surface area contributed by atoms with E-state index in [1.807, 2.05) is 30.3 Å². The van der Waals surface area contributed by atoms with Gasteiger partial charge in [0, 0.05) is 18.6 Å². The molecular formula is C24H28N4O7. The highest BCUT2D eigenvalue weighted by Crippen LogP contribution is 2.29. The van der Waals surface area contributed by atoms with Gasteiger partial charge in [0.1, 0.15) is 24.9 Å². The molecule has 0 aromatic heterocycles. The van der Waals surface area contributed by atoms with Crippen molar-refractivity contribution in [2.24, 2.45) is 5.11 Å². The number of methoxy groups -OCH3 is 1. The Bertz CT molecular complexity index is 1000. The number of carbonyl (C=O) groups excluding carboxylic acids is 2. The SMILES string of the molecule is CO[C@H]1[C@@H](OCCNC(=O)OCc2ccccc2)O[C@H](C)C(N=[N+]=[N-])[C@@H]1OC(=O)c1ccccc1. The van der Waals surface area contributed by atoms with Gasteiger partial charge in [-0.1, -0.05) is 53.6 Å². The molecular weight excluding hydrogens is 456 g/mol. The molecule has 11 heteroatoms. The molecule has 0 spiro atoms. The minimum atomic E-state index is -0.957. The third-order valence-corrected chi connectivity index (χ3v) is 5.33. The minimum Gasteiger partial charge on any atom is -0.455 e. The first-order valence-corrected chi connectivity index (χ1v) is 11.1. The fraction of sp³-hybridized carbons (Fsp3) is 0.417. The zero-order valence-electron chi connectivity index (χ0n) is 19.5. The number of alkyl carbamates (subject to hydrolysis) is 1. The van der Waals surface area contributed by atoms with Crippen molar-refractivity contribution in [1.29, 1.82) is 0 Å². The van der Waals surface area contributed by atoms with Crippen LogP contribution in [0.3, 0.4) is 0 Å². The monoisotopic (exact) mass is 484 g/mol. The fourth-order valence-corrected chi connectivity index (χ4v) is 3.59. The van der Waals surface area contributed by atoms with Crippen molar-refractivity contribution >= 4 is 12.1 Å². The molecule has 1 saturated heterocycles. The van der Waals surface area contributed by atoms with E-state index in [0.29, 0.717) is 5.56 Å². The number of rotatable bonds is 10. The van der Waals surface area contributed by atoms with Crippen molar-refractivity contribution < 1.29 is 33.3 Å². The lowest BCUT2D eigenvalue weighted by Gasteiger charge is -2.42. The van der Waals surface area contributed by atoms with E-state index in [1.165, 1.54) is 7.11 Å². The zero-order valence-corrected chi connectivity index (χ0v) is 19.5. The number of hydrogen-bond acceptors (Lipinski definition) is 8. The Hall–Kier alpha value is -3.63. The van der Waals surface area contributed by atoms with Gasteiger partial charge >= 0.3 is 12.1 Å². The molecule has 1 N–H and O–H groups in total. The Kier molecular flexibility index (Phi) is 9.88. The average Bonchev–Trinajstić information content (AvgIpc) is 2.88. The van der Waals surface area contributed by atoms with E-state index in [4.69, 9.17) is 29.2 Å². The van der Waals surface area contributed by atoms with Crippen LogP contribution in [0.5, 0.6) is 0 Å². The number of azide groups is 1. The van der Waals surface area contributed by atoms with Gasteiger partial charge in [-0.3, -0.25) is 0 Å². The van der Waals surface area contributed by atoms with Crippen LogP contribution in [-0.4, -0.2) is 63.0 Å². The third-order valence-electron chi connectivity index (χ3n) is 5.33. The molecule has 1 aliphatic rings. The number of ether oxygens (including phenoxy) is 5. The Morgan fingerprint density at radius 3 is 2.43 bits per heavy atom. The average molecular weight is 485 g/mol. The van der Waals surface area contributed by atoms with Crippen molar-refractivity contribution in [3.8, 4) is 0 Å². The first-order valence-electron chi connectivity index (χ1n) is 11.1. The summed E-state index contributed by atoms with van der Waals surface area (Å²) in [5, 5.41) is 6.36. The summed E-state index contributed by atoms with van der Waals surface area (Å²) in [6.45, 7) is 2.05. The summed E-state index contributed by atoms with van der Waals surface area (Å²) >= 11 is 0. The van der Waals surface area contributed by atoms with E-state index < -0.39 is 42.7 Å². The Balaban J connectivity index is 1.55. The molecule has 11 nitrogen and oxygen atoms in total. The molecule has 2 aromatic carbocycles. The van der Waals surface area contributed by atoms with E-state index >= 15 is 0 Å². The predicted molar refractivity (Wildman–Crippen MR) is 124 cm³/mol. The third kappa shape index (κ3) is 7.43. The van der Waals surface area contributed by atoms with E-state index in [9.17, 15) is 9.59 Å². The highest BCUT2D eigenvalue weighted by molar-refractivity contribution is 5.89. The Labute approximate surface area is 202 Å². The largest absolute Gasteiger partial charge is 0.455 e. The molecule has 1 heterocycles. The second-order valence-corrected chi connectivity index (χ2v) is 7.70. The predicted octanol–water partition coefficient (Wildman–Crippen LogP) is 3.59. The number of nitrogens with zero attached hydrogens (tertiary/aromatic N) is 3. The van der Waals surface area contributed by atoms with E-state index in [-0.39, 0.29) is 19.8 Å². The van der Waals surface area contributed by atoms with Gasteiger partial charge in [0.2, 0.25) is 0 Å². The van der Waals surface area contributed by atoms with Gasteiger partial charge in [-0.05, 0) is 30.2 Å². The maximum absolute atomic E-state index is 12.7. The molecule has 0 aliphatic carbocycles. The molecule has 5 atom stereocenters. The zero-order chi connectivity index (χ0) is 25.0. The molecule has 3 rings (SSSR count). The normalized spacial score (nSPS) is 23.5.